The molecule has 0 atom stereocenters. The number of carbonyl (C=O) groups is 2. The van der Waals surface area contributed by atoms with Crippen molar-refractivity contribution < 1.29 is 45.8 Å². The average Bonchev–Trinajstić information content (AvgIpc) is 2.37. The van der Waals surface area contributed by atoms with Gasteiger partial charge >= 0.3 is 23.7 Å². The van der Waals surface area contributed by atoms with Crippen LogP contribution in [-0.4, -0.2) is 36.3 Å². The number of hydrogen-bond donors (Lipinski definition) is 0. The Morgan fingerprint density at radius 2 is 1.48 bits per heavy atom. The van der Waals surface area contributed by atoms with Crippen molar-refractivity contribution >= 4 is 11.9 Å². The Hall–Kier alpha value is -1.48. The molecule has 0 unspecified atom stereocenters. The lowest BCUT2D eigenvalue weighted by atomic mass is 10.0. The molecule has 0 radical (unpaired) electrons. The Morgan fingerprint density at radius 1 is 0.952 bits per heavy atom. The van der Waals surface area contributed by atoms with Crippen LogP contribution in [0.15, 0.2) is 0 Å². The molecule has 21 heavy (non-hydrogen) atoms. The molecule has 0 aromatic carbocycles. The molecular formula is C11H13F6O4-. The van der Waals surface area contributed by atoms with Crippen LogP contribution in [0.4, 0.5) is 26.3 Å². The van der Waals surface area contributed by atoms with Crippen LogP contribution in [0.2, 0.25) is 0 Å². The van der Waals surface area contributed by atoms with Gasteiger partial charge in [-0.1, -0.05) is 26.2 Å². The number of halogens is 6. The fraction of sp³-hybridized carbons (Fsp3) is 0.818. The van der Waals surface area contributed by atoms with Gasteiger partial charge in [-0.15, -0.1) is 0 Å². The first kappa shape index (κ1) is 19.5. The van der Waals surface area contributed by atoms with Crippen molar-refractivity contribution in [3.8, 4) is 0 Å². The van der Waals surface area contributed by atoms with Crippen molar-refractivity contribution in [3.63, 3.8) is 0 Å². The van der Waals surface area contributed by atoms with Crippen LogP contribution in [0.3, 0.4) is 0 Å². The number of alkyl halides is 6. The summed E-state index contributed by atoms with van der Waals surface area (Å²) in [5.74, 6) is -25.3. The Balaban J connectivity index is 4.86. The van der Waals surface area contributed by atoms with E-state index in [1.807, 2.05) is 6.92 Å². The maximum atomic E-state index is 13.0. The Labute approximate surface area is 116 Å². The predicted octanol–water partition coefficient (Wildman–Crippen LogP) is 1.77. The van der Waals surface area contributed by atoms with E-state index < -0.39 is 36.3 Å². The van der Waals surface area contributed by atoms with Crippen molar-refractivity contribution in [1.29, 1.82) is 0 Å². The summed E-state index contributed by atoms with van der Waals surface area (Å²) in [6.45, 7) is 1.16. The maximum absolute atomic E-state index is 13.0. The van der Waals surface area contributed by atoms with E-state index >= 15 is 0 Å². The van der Waals surface area contributed by atoms with Crippen LogP contribution >= 0.6 is 0 Å². The van der Waals surface area contributed by atoms with E-state index in [4.69, 9.17) is 0 Å². The molecule has 0 aliphatic heterocycles. The first-order chi connectivity index (χ1) is 9.42. The number of rotatable bonds is 9. The van der Waals surface area contributed by atoms with Gasteiger partial charge in [0, 0.05) is 0 Å². The second kappa shape index (κ2) is 6.99. The van der Waals surface area contributed by atoms with Crippen molar-refractivity contribution in [2.24, 2.45) is 0 Å². The Kier molecular flexibility index (Phi) is 6.50. The minimum absolute atomic E-state index is 0.0815. The van der Waals surface area contributed by atoms with E-state index in [2.05, 4.69) is 4.74 Å². The minimum atomic E-state index is -6.47. The summed E-state index contributed by atoms with van der Waals surface area (Å²) in [4.78, 5) is 20.7. The van der Waals surface area contributed by atoms with Gasteiger partial charge < -0.3 is 14.6 Å². The van der Waals surface area contributed by atoms with Gasteiger partial charge in [-0.05, 0) is 6.42 Å². The van der Waals surface area contributed by atoms with Gasteiger partial charge in [-0.2, -0.15) is 26.3 Å². The SMILES string of the molecule is CCCCCCOC(=O)C(F)(F)C(F)(F)C(F)(F)C(=O)[O-]. The third-order valence-electron chi connectivity index (χ3n) is 2.53. The lowest BCUT2D eigenvalue weighted by Crippen LogP contribution is -2.64. The van der Waals surface area contributed by atoms with Crippen molar-refractivity contribution in [3.05, 3.63) is 0 Å². The monoisotopic (exact) mass is 323 g/mol. The summed E-state index contributed by atoms with van der Waals surface area (Å²) in [6, 6.07) is 0. The van der Waals surface area contributed by atoms with E-state index in [1.165, 1.54) is 0 Å². The third kappa shape index (κ3) is 4.01. The fourth-order valence-corrected chi connectivity index (χ4v) is 1.24. The number of unbranched alkanes of at least 4 members (excludes halogenated alkanes) is 3. The molecular weight excluding hydrogens is 310 g/mol. The van der Waals surface area contributed by atoms with Gasteiger partial charge in [0.1, 0.15) is 5.97 Å². The molecule has 4 nitrogen and oxygen atoms in total. The molecule has 0 rings (SSSR count). The lowest BCUT2D eigenvalue weighted by Gasteiger charge is -2.31. The van der Waals surface area contributed by atoms with E-state index in [0.717, 1.165) is 6.42 Å². The summed E-state index contributed by atoms with van der Waals surface area (Å²) in [5, 5.41) is 9.84. The number of hydrogen-bond acceptors (Lipinski definition) is 4. The number of ether oxygens (including phenoxy) is 1. The van der Waals surface area contributed by atoms with Crippen LogP contribution in [0.5, 0.6) is 0 Å². The molecule has 0 aliphatic carbocycles. The van der Waals surface area contributed by atoms with Crippen LogP contribution in [0, 0.1) is 0 Å². The molecule has 0 fully saturated rings. The molecule has 0 spiro atoms. The van der Waals surface area contributed by atoms with E-state index in [-0.39, 0.29) is 6.42 Å². The molecule has 0 aromatic rings. The molecule has 0 aliphatic rings. The highest BCUT2D eigenvalue weighted by Crippen LogP contribution is 2.46. The summed E-state index contributed by atoms with van der Waals surface area (Å²) < 4.78 is 80.8. The van der Waals surface area contributed by atoms with Crippen molar-refractivity contribution in [2.75, 3.05) is 6.61 Å². The largest absolute Gasteiger partial charge is 0.544 e. The molecule has 124 valence electrons. The normalized spacial score (nSPS) is 13.1. The zero-order valence-electron chi connectivity index (χ0n) is 10.9. The summed E-state index contributed by atoms with van der Waals surface area (Å²) >= 11 is 0. The molecule has 0 bridgehead atoms. The quantitative estimate of drug-likeness (QED) is 0.368. The number of carboxylic acids is 1. The Morgan fingerprint density at radius 3 is 1.90 bits per heavy atom. The number of carboxylic acid groups (broad SMARTS) is 1. The smallest absolute Gasteiger partial charge is 0.411 e. The van der Waals surface area contributed by atoms with Gasteiger partial charge in [0.2, 0.25) is 0 Å². The van der Waals surface area contributed by atoms with Crippen molar-refractivity contribution in [2.45, 2.75) is 50.4 Å². The van der Waals surface area contributed by atoms with Crippen LogP contribution in [-0.2, 0) is 14.3 Å². The number of esters is 1. The van der Waals surface area contributed by atoms with Gasteiger partial charge in [0.25, 0.3) is 0 Å². The summed E-state index contributed by atoms with van der Waals surface area (Å²) in [7, 11) is 0. The molecule has 10 heteroatoms. The van der Waals surface area contributed by atoms with Gasteiger partial charge in [0.05, 0.1) is 6.61 Å². The zero-order valence-corrected chi connectivity index (χ0v) is 10.9. The van der Waals surface area contributed by atoms with Crippen LogP contribution < -0.4 is 5.11 Å². The highest BCUT2D eigenvalue weighted by Gasteiger charge is 2.76. The average molecular weight is 323 g/mol. The first-order valence-electron chi connectivity index (χ1n) is 5.95. The molecule has 0 saturated heterocycles. The van der Waals surface area contributed by atoms with Crippen LogP contribution in [0.1, 0.15) is 32.6 Å². The number of carbonyl (C=O) groups excluding carboxylic acids is 2. The maximum Gasteiger partial charge on any atom is 0.411 e. The highest BCUT2D eigenvalue weighted by atomic mass is 19.3. The standard InChI is InChI=1S/C11H14F6O4/c1-2-3-4-5-6-21-8(20)10(14,15)11(16,17)9(12,13)7(18)19/h2-6H2,1H3,(H,18,19)/p-1. The number of aliphatic carboxylic acids is 1. The first-order valence-corrected chi connectivity index (χ1v) is 5.95. The molecule has 0 amide bonds. The molecule has 0 aromatic heterocycles. The molecule has 0 N–H and O–H groups in total. The molecule has 0 saturated carbocycles. The van der Waals surface area contributed by atoms with E-state index in [0.29, 0.717) is 12.8 Å². The van der Waals surface area contributed by atoms with Crippen LogP contribution in [0.25, 0.3) is 0 Å². The van der Waals surface area contributed by atoms with Crippen molar-refractivity contribution in [1.82, 2.24) is 0 Å². The minimum Gasteiger partial charge on any atom is -0.544 e. The van der Waals surface area contributed by atoms with Gasteiger partial charge in [-0.25, -0.2) is 4.79 Å². The van der Waals surface area contributed by atoms with Gasteiger partial charge in [-0.3, -0.25) is 0 Å². The lowest BCUT2D eigenvalue weighted by molar-refractivity contribution is -0.366. The van der Waals surface area contributed by atoms with E-state index in [1.54, 1.807) is 0 Å². The topological polar surface area (TPSA) is 66.4 Å². The predicted molar refractivity (Wildman–Crippen MR) is 54.9 cm³/mol. The summed E-state index contributed by atoms with van der Waals surface area (Å²) in [5.41, 5.74) is 0. The molecule has 0 heterocycles. The fourth-order valence-electron chi connectivity index (χ4n) is 1.24. The van der Waals surface area contributed by atoms with Gasteiger partial charge in [0.15, 0.2) is 0 Å². The second-order valence-corrected chi connectivity index (χ2v) is 4.21. The zero-order chi connectivity index (χ0) is 16.9. The Bertz CT molecular complexity index is 383. The third-order valence-corrected chi connectivity index (χ3v) is 2.53. The second-order valence-electron chi connectivity index (χ2n) is 4.21. The highest BCUT2D eigenvalue weighted by molar-refractivity contribution is 5.83. The summed E-state index contributed by atoms with van der Waals surface area (Å²) in [6.07, 6.45) is 1.98. The van der Waals surface area contributed by atoms with E-state index in [9.17, 15) is 41.0 Å².